The molecule has 0 fully saturated rings. The third-order valence-electron chi connectivity index (χ3n) is 2.12. The van der Waals surface area contributed by atoms with Crippen LogP contribution >= 0.6 is 11.6 Å². The van der Waals surface area contributed by atoms with E-state index in [4.69, 9.17) is 16.3 Å². The Morgan fingerprint density at radius 3 is 2.82 bits per heavy atom. The van der Waals surface area contributed by atoms with Crippen molar-refractivity contribution in [2.45, 2.75) is 0 Å². The minimum absolute atomic E-state index is 0.349. The predicted octanol–water partition coefficient (Wildman–Crippen LogP) is 3.71. The molecule has 2 aromatic rings. The highest BCUT2D eigenvalue weighted by atomic mass is 35.5. The lowest BCUT2D eigenvalue weighted by Gasteiger charge is -2.08. The molecule has 0 atom stereocenters. The molecule has 1 aromatic carbocycles. The van der Waals surface area contributed by atoms with Gasteiger partial charge in [-0.2, -0.15) is 0 Å². The first-order valence-electron chi connectivity index (χ1n) is 4.96. The number of nitrogens with zero attached hydrogens (tertiary/aromatic N) is 1. The van der Waals surface area contributed by atoms with E-state index in [1.165, 1.54) is 18.3 Å². The highest BCUT2D eigenvalue weighted by Gasteiger charge is 2.04. The third kappa shape index (κ3) is 2.85. The largest absolute Gasteiger partial charge is 0.456 e. The summed E-state index contributed by atoms with van der Waals surface area (Å²) in [6.07, 6.45) is 1.48. The average Bonchev–Trinajstić information content (AvgIpc) is 2.32. The van der Waals surface area contributed by atoms with E-state index in [9.17, 15) is 4.39 Å². The summed E-state index contributed by atoms with van der Waals surface area (Å²) in [5.41, 5.74) is 0.653. The fourth-order valence-corrected chi connectivity index (χ4v) is 1.52. The molecule has 3 nitrogen and oxygen atoms in total. The first-order valence-corrected chi connectivity index (χ1v) is 5.33. The SMILES string of the molecule is CNc1cc(Oc2cccc(F)c2)cnc1Cl. The zero-order valence-electron chi connectivity index (χ0n) is 9.08. The lowest BCUT2D eigenvalue weighted by Crippen LogP contribution is -1.93. The molecular formula is C12H10ClFN2O. The summed E-state index contributed by atoms with van der Waals surface area (Å²) in [6.45, 7) is 0. The fourth-order valence-electron chi connectivity index (χ4n) is 1.33. The Morgan fingerprint density at radius 2 is 2.12 bits per heavy atom. The minimum atomic E-state index is -0.349. The molecule has 0 radical (unpaired) electrons. The van der Waals surface area contributed by atoms with Crippen LogP contribution in [0.1, 0.15) is 0 Å². The van der Waals surface area contributed by atoms with E-state index in [2.05, 4.69) is 10.3 Å². The highest BCUT2D eigenvalue weighted by molar-refractivity contribution is 6.32. The standard InChI is InChI=1S/C12H10ClFN2O/c1-15-11-6-10(7-16-12(11)13)17-9-4-2-3-8(14)5-9/h2-7,15H,1H3. The van der Waals surface area contributed by atoms with Crippen molar-refractivity contribution >= 4 is 17.3 Å². The number of rotatable bonds is 3. The van der Waals surface area contributed by atoms with Gasteiger partial charge >= 0.3 is 0 Å². The second-order valence-corrected chi connectivity index (χ2v) is 3.68. The van der Waals surface area contributed by atoms with Gasteiger partial charge in [-0.05, 0) is 12.1 Å². The number of anilines is 1. The van der Waals surface area contributed by atoms with Gasteiger partial charge in [0.1, 0.15) is 17.3 Å². The van der Waals surface area contributed by atoms with E-state index in [-0.39, 0.29) is 5.82 Å². The van der Waals surface area contributed by atoms with Crippen LogP contribution in [0.5, 0.6) is 11.5 Å². The van der Waals surface area contributed by atoms with E-state index < -0.39 is 0 Å². The van der Waals surface area contributed by atoms with Crippen LogP contribution in [-0.4, -0.2) is 12.0 Å². The van der Waals surface area contributed by atoms with Crippen LogP contribution in [0, 0.1) is 5.82 Å². The van der Waals surface area contributed by atoms with E-state index in [0.29, 0.717) is 22.3 Å². The highest BCUT2D eigenvalue weighted by Crippen LogP contribution is 2.27. The first-order chi connectivity index (χ1) is 8.19. The maximum absolute atomic E-state index is 13.0. The van der Waals surface area contributed by atoms with Crippen molar-refractivity contribution in [3.63, 3.8) is 0 Å². The van der Waals surface area contributed by atoms with Crippen LogP contribution in [0.2, 0.25) is 5.15 Å². The average molecular weight is 253 g/mol. The summed E-state index contributed by atoms with van der Waals surface area (Å²) in [6, 6.07) is 7.59. The number of ether oxygens (including phenoxy) is 1. The maximum Gasteiger partial charge on any atom is 0.152 e. The molecule has 5 heteroatoms. The van der Waals surface area contributed by atoms with Gasteiger partial charge in [0, 0.05) is 19.2 Å². The topological polar surface area (TPSA) is 34.1 Å². The number of benzene rings is 1. The van der Waals surface area contributed by atoms with Crippen molar-refractivity contribution in [1.29, 1.82) is 0 Å². The number of hydrogen-bond acceptors (Lipinski definition) is 3. The molecule has 0 spiro atoms. The van der Waals surface area contributed by atoms with Crippen LogP contribution in [0.4, 0.5) is 10.1 Å². The van der Waals surface area contributed by atoms with E-state index in [1.54, 1.807) is 25.2 Å². The zero-order chi connectivity index (χ0) is 12.3. The molecule has 17 heavy (non-hydrogen) atoms. The molecule has 0 aliphatic rings. The summed E-state index contributed by atoms with van der Waals surface area (Å²) in [7, 11) is 1.73. The van der Waals surface area contributed by atoms with E-state index in [1.807, 2.05) is 0 Å². The van der Waals surface area contributed by atoms with Crippen molar-refractivity contribution in [2.24, 2.45) is 0 Å². The molecule has 0 unspecified atom stereocenters. The van der Waals surface area contributed by atoms with Crippen molar-refractivity contribution < 1.29 is 9.13 Å². The molecule has 0 bridgehead atoms. The number of halogens is 2. The quantitative estimate of drug-likeness (QED) is 0.846. The van der Waals surface area contributed by atoms with Gasteiger partial charge in [-0.3, -0.25) is 0 Å². The van der Waals surface area contributed by atoms with Gasteiger partial charge in [0.15, 0.2) is 5.15 Å². The number of nitrogens with one attached hydrogen (secondary N) is 1. The minimum Gasteiger partial charge on any atom is -0.456 e. The Bertz CT molecular complexity index is 534. The Balaban J connectivity index is 2.24. The summed E-state index contributed by atoms with van der Waals surface area (Å²) in [4.78, 5) is 3.95. The van der Waals surface area contributed by atoms with Crippen LogP contribution in [0.15, 0.2) is 36.5 Å². The molecule has 0 saturated carbocycles. The normalized spacial score (nSPS) is 10.1. The second-order valence-electron chi connectivity index (χ2n) is 3.32. The van der Waals surface area contributed by atoms with E-state index >= 15 is 0 Å². The van der Waals surface area contributed by atoms with Gasteiger partial charge < -0.3 is 10.1 Å². The molecule has 0 aliphatic heterocycles. The van der Waals surface area contributed by atoms with Crippen molar-refractivity contribution in [3.8, 4) is 11.5 Å². The molecule has 2 rings (SSSR count). The van der Waals surface area contributed by atoms with Gasteiger partial charge in [0.05, 0.1) is 11.9 Å². The molecule has 1 heterocycles. The van der Waals surface area contributed by atoms with Crippen LogP contribution in [0.25, 0.3) is 0 Å². The third-order valence-corrected chi connectivity index (χ3v) is 2.42. The van der Waals surface area contributed by atoms with Gasteiger partial charge in [-0.15, -0.1) is 0 Å². The van der Waals surface area contributed by atoms with E-state index in [0.717, 1.165) is 0 Å². The number of aromatic nitrogens is 1. The van der Waals surface area contributed by atoms with Crippen LogP contribution in [0.3, 0.4) is 0 Å². The van der Waals surface area contributed by atoms with Crippen molar-refractivity contribution in [2.75, 3.05) is 12.4 Å². The van der Waals surface area contributed by atoms with Crippen molar-refractivity contribution in [3.05, 3.63) is 47.5 Å². The number of pyridine rings is 1. The van der Waals surface area contributed by atoms with Crippen molar-refractivity contribution in [1.82, 2.24) is 4.98 Å². The molecule has 88 valence electrons. The lowest BCUT2D eigenvalue weighted by atomic mass is 10.3. The lowest BCUT2D eigenvalue weighted by molar-refractivity contribution is 0.475. The second kappa shape index (κ2) is 5.01. The van der Waals surface area contributed by atoms with Gasteiger partial charge in [-0.1, -0.05) is 17.7 Å². The zero-order valence-corrected chi connectivity index (χ0v) is 9.83. The van der Waals surface area contributed by atoms with Crippen LogP contribution < -0.4 is 10.1 Å². The predicted molar refractivity (Wildman–Crippen MR) is 65.3 cm³/mol. The Labute approximate surface area is 103 Å². The summed E-state index contributed by atoms with van der Waals surface area (Å²) in [5.74, 6) is 0.554. The molecule has 0 saturated heterocycles. The van der Waals surface area contributed by atoms with Gasteiger partial charge in [0.2, 0.25) is 0 Å². The Morgan fingerprint density at radius 1 is 1.29 bits per heavy atom. The molecular weight excluding hydrogens is 243 g/mol. The fraction of sp³-hybridized carbons (Fsp3) is 0.0833. The van der Waals surface area contributed by atoms with Gasteiger partial charge in [-0.25, -0.2) is 9.37 Å². The Kier molecular flexibility index (Phi) is 3.44. The summed E-state index contributed by atoms with van der Waals surface area (Å²) < 4.78 is 18.4. The van der Waals surface area contributed by atoms with Gasteiger partial charge in [0.25, 0.3) is 0 Å². The smallest absolute Gasteiger partial charge is 0.152 e. The maximum atomic E-state index is 13.0. The monoisotopic (exact) mass is 252 g/mol. The molecule has 1 N–H and O–H groups in total. The molecule has 0 aliphatic carbocycles. The summed E-state index contributed by atoms with van der Waals surface area (Å²) >= 11 is 5.84. The Hall–Kier alpha value is -1.81. The molecule has 0 amide bonds. The summed E-state index contributed by atoms with van der Waals surface area (Å²) in [5, 5.41) is 3.24. The number of hydrogen-bond donors (Lipinski definition) is 1. The van der Waals surface area contributed by atoms with Crippen LogP contribution in [-0.2, 0) is 0 Å². The first kappa shape index (κ1) is 11.7. The molecule has 1 aromatic heterocycles.